The Morgan fingerprint density at radius 3 is 2.66 bits per heavy atom. The van der Waals surface area contributed by atoms with Crippen LogP contribution in [0.25, 0.3) is 15.7 Å². The van der Waals surface area contributed by atoms with Crippen LogP contribution >= 0.6 is 11.8 Å². The third-order valence-corrected chi connectivity index (χ3v) is 7.97. The number of nitrogens with zero attached hydrogens (tertiary/aromatic N) is 2. The maximum Gasteiger partial charge on any atom is 0.252 e. The van der Waals surface area contributed by atoms with E-state index in [1.807, 2.05) is 56.3 Å². The van der Waals surface area contributed by atoms with Crippen molar-refractivity contribution in [2.24, 2.45) is 0 Å². The average molecular weight is 530 g/mol. The minimum absolute atomic E-state index is 0.0484. The number of amides is 1. The molecule has 2 fully saturated rings. The largest absolute Gasteiger partial charge is 0.460 e. The lowest BCUT2D eigenvalue weighted by Crippen LogP contribution is -2.38. The zero-order chi connectivity index (χ0) is 26.7. The Bertz CT molecular complexity index is 1390. The highest BCUT2D eigenvalue weighted by molar-refractivity contribution is 8.11. The first-order chi connectivity index (χ1) is 18.3. The van der Waals surface area contributed by atoms with Gasteiger partial charge in [-0.2, -0.15) is 0 Å². The standard InChI is InChI=1S/C30H35N5O2S/c1-19(2)38-27(25-13-17-32-29(34-25)33-21-8-7-16-31-18-21)20(3)37-26-12-11-24(22-9-5-6-10-23(22)26)28(36)35-30(4)14-15-30/h5-6,9-13,17,21,31H,1,7-8,14-16,18H2,2-4H3,(H,35,36)(H,32,33,34)/b27-20+. The van der Waals surface area contributed by atoms with Gasteiger partial charge in [0.1, 0.15) is 11.5 Å². The van der Waals surface area contributed by atoms with E-state index in [4.69, 9.17) is 9.72 Å². The second kappa shape index (κ2) is 11.2. The lowest BCUT2D eigenvalue weighted by molar-refractivity contribution is 0.0937. The number of thioether (sulfide) groups is 1. The van der Waals surface area contributed by atoms with Gasteiger partial charge in [0.05, 0.1) is 10.6 Å². The molecule has 7 nitrogen and oxygen atoms in total. The Morgan fingerprint density at radius 2 is 1.95 bits per heavy atom. The lowest BCUT2D eigenvalue weighted by Gasteiger charge is -2.24. The number of rotatable bonds is 9. The molecule has 1 unspecified atom stereocenters. The number of ether oxygens (including phenoxy) is 1. The van der Waals surface area contributed by atoms with E-state index in [0.29, 0.717) is 29.1 Å². The van der Waals surface area contributed by atoms with Crippen molar-refractivity contribution in [3.63, 3.8) is 0 Å². The monoisotopic (exact) mass is 529 g/mol. The van der Waals surface area contributed by atoms with E-state index >= 15 is 0 Å². The van der Waals surface area contributed by atoms with Gasteiger partial charge >= 0.3 is 0 Å². The van der Waals surface area contributed by atoms with Crippen LogP contribution in [0.1, 0.15) is 62.5 Å². The zero-order valence-electron chi connectivity index (χ0n) is 22.3. The molecule has 1 atom stereocenters. The maximum atomic E-state index is 13.0. The molecule has 1 saturated heterocycles. The molecule has 1 aliphatic carbocycles. The Kier molecular flexibility index (Phi) is 7.72. The zero-order valence-corrected chi connectivity index (χ0v) is 23.1. The molecule has 5 rings (SSSR count). The van der Waals surface area contributed by atoms with Crippen molar-refractivity contribution in [1.29, 1.82) is 0 Å². The van der Waals surface area contributed by atoms with E-state index in [-0.39, 0.29) is 11.4 Å². The van der Waals surface area contributed by atoms with Gasteiger partial charge in [0.15, 0.2) is 0 Å². The smallest absolute Gasteiger partial charge is 0.252 e. The first-order valence-corrected chi connectivity index (χ1v) is 14.0. The van der Waals surface area contributed by atoms with Gasteiger partial charge in [-0.1, -0.05) is 42.6 Å². The molecule has 38 heavy (non-hydrogen) atoms. The van der Waals surface area contributed by atoms with E-state index in [2.05, 4.69) is 34.4 Å². The summed E-state index contributed by atoms with van der Waals surface area (Å²) in [4.78, 5) is 24.1. The second-order valence-corrected chi connectivity index (χ2v) is 11.7. The van der Waals surface area contributed by atoms with Gasteiger partial charge in [-0.05, 0) is 81.5 Å². The number of fused-ring (bicyclic) bond motifs is 1. The Morgan fingerprint density at radius 1 is 1.16 bits per heavy atom. The van der Waals surface area contributed by atoms with Crippen LogP contribution in [-0.4, -0.2) is 40.5 Å². The molecular weight excluding hydrogens is 494 g/mol. The van der Waals surface area contributed by atoms with Crippen LogP contribution < -0.4 is 20.7 Å². The number of aromatic nitrogens is 2. The third kappa shape index (κ3) is 6.19. The molecule has 198 valence electrons. The highest BCUT2D eigenvalue weighted by Crippen LogP contribution is 2.38. The summed E-state index contributed by atoms with van der Waals surface area (Å²) in [6.45, 7) is 12.0. The van der Waals surface area contributed by atoms with Crippen LogP contribution in [0.3, 0.4) is 0 Å². The highest BCUT2D eigenvalue weighted by Gasteiger charge is 2.39. The van der Waals surface area contributed by atoms with Crippen LogP contribution in [0.15, 0.2) is 65.9 Å². The van der Waals surface area contributed by atoms with Gasteiger partial charge in [0.2, 0.25) is 5.95 Å². The van der Waals surface area contributed by atoms with Crippen molar-refractivity contribution >= 4 is 39.3 Å². The van der Waals surface area contributed by atoms with Gasteiger partial charge < -0.3 is 20.7 Å². The molecule has 0 radical (unpaired) electrons. The molecule has 0 bridgehead atoms. The number of benzene rings is 2. The summed E-state index contributed by atoms with van der Waals surface area (Å²) in [5.41, 5.74) is 1.35. The summed E-state index contributed by atoms with van der Waals surface area (Å²) in [5.74, 6) is 1.95. The van der Waals surface area contributed by atoms with Gasteiger partial charge in [0, 0.05) is 35.3 Å². The van der Waals surface area contributed by atoms with E-state index in [1.165, 1.54) is 11.8 Å². The molecule has 3 N–H and O–H groups in total. The Labute approximate surface area is 228 Å². The average Bonchev–Trinajstić information content (AvgIpc) is 3.64. The van der Waals surface area contributed by atoms with Gasteiger partial charge in [-0.3, -0.25) is 4.79 Å². The number of hydrogen-bond donors (Lipinski definition) is 3. The molecule has 1 aromatic heterocycles. The summed E-state index contributed by atoms with van der Waals surface area (Å²) in [6, 6.07) is 13.8. The second-order valence-electron chi connectivity index (χ2n) is 10.4. The molecule has 3 aromatic rings. The summed E-state index contributed by atoms with van der Waals surface area (Å²) < 4.78 is 6.48. The molecule has 1 aliphatic heterocycles. The van der Waals surface area contributed by atoms with Crippen LogP contribution in [0, 0.1) is 0 Å². The van der Waals surface area contributed by atoms with Crippen molar-refractivity contribution in [3.05, 3.63) is 77.2 Å². The van der Waals surface area contributed by atoms with Crippen molar-refractivity contribution in [3.8, 4) is 5.75 Å². The fourth-order valence-corrected chi connectivity index (χ4v) is 5.37. The van der Waals surface area contributed by atoms with E-state index in [9.17, 15) is 4.79 Å². The van der Waals surface area contributed by atoms with Crippen LogP contribution in [0.2, 0.25) is 0 Å². The molecule has 1 amide bonds. The minimum atomic E-state index is -0.0832. The third-order valence-electron chi connectivity index (χ3n) is 6.92. The van der Waals surface area contributed by atoms with E-state index < -0.39 is 0 Å². The maximum absolute atomic E-state index is 13.0. The predicted molar refractivity (Wildman–Crippen MR) is 156 cm³/mol. The van der Waals surface area contributed by atoms with Crippen LogP contribution in [0.5, 0.6) is 5.75 Å². The van der Waals surface area contributed by atoms with Crippen LogP contribution in [0.4, 0.5) is 5.95 Å². The number of carbonyl (C=O) groups excluding carboxylic acids is 1. The fourth-order valence-electron chi connectivity index (χ4n) is 4.61. The molecule has 2 heterocycles. The first-order valence-electron chi connectivity index (χ1n) is 13.2. The molecule has 1 saturated carbocycles. The summed E-state index contributed by atoms with van der Waals surface area (Å²) in [5, 5.41) is 11.8. The van der Waals surface area contributed by atoms with Gasteiger partial charge in [-0.15, -0.1) is 0 Å². The van der Waals surface area contributed by atoms with E-state index in [1.54, 1.807) is 6.20 Å². The van der Waals surface area contributed by atoms with E-state index in [0.717, 1.165) is 65.0 Å². The number of allylic oxidation sites excluding steroid dienone is 2. The van der Waals surface area contributed by atoms with Crippen molar-refractivity contribution in [2.45, 2.75) is 58.0 Å². The number of piperidine rings is 1. The topological polar surface area (TPSA) is 88.2 Å². The Balaban J connectivity index is 1.45. The van der Waals surface area contributed by atoms with Crippen molar-refractivity contribution in [2.75, 3.05) is 18.4 Å². The quantitative estimate of drug-likeness (QED) is 0.288. The number of nitrogens with one attached hydrogen (secondary N) is 3. The number of anilines is 1. The number of carbonyl (C=O) groups is 1. The lowest BCUT2D eigenvalue weighted by atomic mass is 10.0. The molecule has 8 heteroatoms. The van der Waals surface area contributed by atoms with Crippen molar-refractivity contribution < 1.29 is 9.53 Å². The Hall–Kier alpha value is -3.36. The van der Waals surface area contributed by atoms with Gasteiger partial charge in [0.25, 0.3) is 5.91 Å². The minimum Gasteiger partial charge on any atom is -0.460 e. The summed E-state index contributed by atoms with van der Waals surface area (Å²) in [6.07, 6.45) is 6.03. The fraction of sp³-hybridized carbons (Fsp3) is 0.367. The normalized spacial score (nSPS) is 18.9. The SMILES string of the molecule is C=C(C)S/C(=C(\C)Oc1ccc(C(=O)NC2(C)CC2)c2ccccc12)c1ccnc(NC2CCCNC2)n1. The first kappa shape index (κ1) is 26.3. The molecule has 2 aromatic carbocycles. The predicted octanol–water partition coefficient (Wildman–Crippen LogP) is 6.11. The molecular formula is C30H35N5O2S. The summed E-state index contributed by atoms with van der Waals surface area (Å²) in [7, 11) is 0. The highest BCUT2D eigenvalue weighted by atomic mass is 32.2. The summed E-state index contributed by atoms with van der Waals surface area (Å²) >= 11 is 1.53. The molecule has 0 spiro atoms. The van der Waals surface area contributed by atoms with Crippen molar-refractivity contribution in [1.82, 2.24) is 20.6 Å². The van der Waals surface area contributed by atoms with Gasteiger partial charge in [-0.25, -0.2) is 9.97 Å². The number of hydrogen-bond acceptors (Lipinski definition) is 7. The molecule has 2 aliphatic rings. The van der Waals surface area contributed by atoms with Crippen LogP contribution in [-0.2, 0) is 0 Å².